The number of fused-ring (bicyclic) bond motifs is 4. The summed E-state index contributed by atoms with van der Waals surface area (Å²) < 4.78 is 0. The lowest BCUT2D eigenvalue weighted by molar-refractivity contribution is 1.48. The molecule has 0 spiro atoms. The maximum absolute atomic E-state index is 10.1. The molecule has 0 aliphatic carbocycles. The first-order valence-electron chi connectivity index (χ1n) is 16.3. The summed E-state index contributed by atoms with van der Waals surface area (Å²) in [5, 5.41) is 19.7. The van der Waals surface area contributed by atoms with E-state index in [1.54, 1.807) is 0 Å². The number of benzene rings is 9. The van der Waals surface area contributed by atoms with Crippen LogP contribution in [0.2, 0.25) is 0 Å². The van der Waals surface area contributed by atoms with Crippen molar-refractivity contribution in [3.8, 4) is 50.6 Å². The Hall–Kier alpha value is -6.49. The van der Waals surface area contributed by atoms with Gasteiger partial charge >= 0.3 is 0 Å². The molecule has 9 aromatic rings. The third-order valence-electron chi connectivity index (χ3n) is 9.69. The van der Waals surface area contributed by atoms with Gasteiger partial charge in [-0.05, 0) is 94.2 Å². The van der Waals surface area contributed by atoms with E-state index in [1.165, 1.54) is 65.7 Å². The number of nitrogens with zero attached hydrogens (tertiary/aromatic N) is 1. The van der Waals surface area contributed by atoms with Crippen molar-refractivity contribution in [2.24, 2.45) is 0 Å². The second kappa shape index (κ2) is 11.4. The standard InChI is InChI=1S/C47H29N/c48-30-34-19-7-8-20-35(34)47-40-25-13-11-23-38(40)46(39-24-12-14-26-41(39)47)33-27-28-42-43(29-33)45(32-17-5-2-6-18-32)37-22-10-9-21-36(37)44(42)31-15-3-1-4-16-31/h1-29H. The first-order chi connectivity index (χ1) is 23.8. The second-order valence-corrected chi connectivity index (χ2v) is 12.3. The second-order valence-electron chi connectivity index (χ2n) is 12.3. The first kappa shape index (κ1) is 27.8. The molecule has 0 heterocycles. The van der Waals surface area contributed by atoms with Gasteiger partial charge in [-0.2, -0.15) is 5.26 Å². The van der Waals surface area contributed by atoms with Crippen LogP contribution in [-0.2, 0) is 0 Å². The van der Waals surface area contributed by atoms with E-state index in [9.17, 15) is 5.26 Å². The fourth-order valence-corrected chi connectivity index (χ4v) is 7.69. The molecule has 48 heavy (non-hydrogen) atoms. The molecule has 222 valence electrons. The maximum Gasteiger partial charge on any atom is 0.0998 e. The van der Waals surface area contributed by atoms with Crippen LogP contribution in [-0.4, -0.2) is 0 Å². The third-order valence-corrected chi connectivity index (χ3v) is 9.69. The molecule has 0 radical (unpaired) electrons. The average Bonchev–Trinajstić information content (AvgIpc) is 3.16. The van der Waals surface area contributed by atoms with Crippen LogP contribution in [0.5, 0.6) is 0 Å². The summed E-state index contributed by atoms with van der Waals surface area (Å²) in [5.41, 5.74) is 10.0. The average molecular weight is 608 g/mol. The highest BCUT2D eigenvalue weighted by Crippen LogP contribution is 2.48. The van der Waals surface area contributed by atoms with Crippen molar-refractivity contribution in [1.29, 1.82) is 5.26 Å². The minimum Gasteiger partial charge on any atom is -0.192 e. The minimum atomic E-state index is 0.680. The molecular weight excluding hydrogens is 579 g/mol. The van der Waals surface area contributed by atoms with E-state index in [2.05, 4.69) is 164 Å². The monoisotopic (exact) mass is 607 g/mol. The molecule has 9 aromatic carbocycles. The Morgan fingerprint density at radius 2 is 0.667 bits per heavy atom. The van der Waals surface area contributed by atoms with Gasteiger partial charge in [-0.25, -0.2) is 0 Å². The molecule has 0 bridgehead atoms. The van der Waals surface area contributed by atoms with Crippen molar-refractivity contribution in [2.75, 3.05) is 0 Å². The molecular formula is C47H29N. The van der Waals surface area contributed by atoms with Crippen molar-refractivity contribution in [2.45, 2.75) is 0 Å². The Morgan fingerprint density at radius 1 is 0.292 bits per heavy atom. The topological polar surface area (TPSA) is 23.8 Å². The fraction of sp³-hybridized carbons (Fsp3) is 0. The Kier molecular flexibility index (Phi) is 6.59. The molecule has 0 fully saturated rings. The zero-order chi connectivity index (χ0) is 32.0. The Balaban J connectivity index is 1.44. The van der Waals surface area contributed by atoms with Gasteiger partial charge in [0.1, 0.15) is 0 Å². The van der Waals surface area contributed by atoms with Gasteiger partial charge in [-0.3, -0.25) is 0 Å². The summed E-state index contributed by atoms with van der Waals surface area (Å²) >= 11 is 0. The van der Waals surface area contributed by atoms with Crippen molar-refractivity contribution in [3.63, 3.8) is 0 Å². The van der Waals surface area contributed by atoms with E-state index in [0.29, 0.717) is 5.56 Å². The van der Waals surface area contributed by atoms with E-state index in [1.807, 2.05) is 18.2 Å². The summed E-state index contributed by atoms with van der Waals surface area (Å²) in [5.74, 6) is 0. The van der Waals surface area contributed by atoms with Crippen LogP contribution in [0.15, 0.2) is 176 Å². The van der Waals surface area contributed by atoms with Crippen LogP contribution in [0, 0.1) is 11.3 Å². The molecule has 0 N–H and O–H groups in total. The Bertz CT molecular complexity index is 2660. The first-order valence-corrected chi connectivity index (χ1v) is 16.3. The van der Waals surface area contributed by atoms with Crippen LogP contribution in [0.25, 0.3) is 87.6 Å². The normalized spacial score (nSPS) is 11.3. The quantitative estimate of drug-likeness (QED) is 0.183. The SMILES string of the molecule is N#Cc1ccccc1-c1c2ccccc2c(-c2ccc3c(-c4ccccc4)c4ccccc4c(-c4ccccc4)c3c2)c2ccccc12. The summed E-state index contributed by atoms with van der Waals surface area (Å²) in [6.07, 6.45) is 0. The summed E-state index contributed by atoms with van der Waals surface area (Å²) in [4.78, 5) is 0. The summed E-state index contributed by atoms with van der Waals surface area (Å²) in [7, 11) is 0. The van der Waals surface area contributed by atoms with E-state index < -0.39 is 0 Å². The third kappa shape index (κ3) is 4.32. The van der Waals surface area contributed by atoms with Gasteiger partial charge < -0.3 is 0 Å². The van der Waals surface area contributed by atoms with Gasteiger partial charge in [0.05, 0.1) is 11.6 Å². The van der Waals surface area contributed by atoms with Gasteiger partial charge in [-0.15, -0.1) is 0 Å². The van der Waals surface area contributed by atoms with E-state index >= 15 is 0 Å². The van der Waals surface area contributed by atoms with Crippen LogP contribution in [0.3, 0.4) is 0 Å². The molecule has 1 nitrogen and oxygen atoms in total. The number of hydrogen-bond acceptors (Lipinski definition) is 1. The van der Waals surface area contributed by atoms with Gasteiger partial charge in [0.25, 0.3) is 0 Å². The molecule has 0 aliphatic heterocycles. The highest BCUT2D eigenvalue weighted by Gasteiger charge is 2.21. The fourth-order valence-electron chi connectivity index (χ4n) is 7.69. The summed E-state index contributed by atoms with van der Waals surface area (Å²) in [6.45, 7) is 0. The van der Waals surface area contributed by atoms with Crippen LogP contribution >= 0.6 is 0 Å². The molecule has 0 saturated heterocycles. The van der Waals surface area contributed by atoms with Crippen molar-refractivity contribution in [1.82, 2.24) is 0 Å². The van der Waals surface area contributed by atoms with Gasteiger partial charge in [0.2, 0.25) is 0 Å². The molecule has 0 aromatic heterocycles. The molecule has 0 aliphatic rings. The smallest absolute Gasteiger partial charge is 0.0998 e. The lowest BCUT2D eigenvalue weighted by atomic mass is 9.82. The van der Waals surface area contributed by atoms with Gasteiger partial charge in [-0.1, -0.05) is 164 Å². The maximum atomic E-state index is 10.1. The number of nitriles is 1. The van der Waals surface area contributed by atoms with Gasteiger partial charge in [0, 0.05) is 5.56 Å². The number of rotatable bonds is 4. The van der Waals surface area contributed by atoms with Crippen LogP contribution in [0.4, 0.5) is 0 Å². The predicted octanol–water partition coefficient (Wildman–Crippen LogP) is 12.8. The lowest BCUT2D eigenvalue weighted by Gasteiger charge is -2.21. The Labute approximate surface area is 279 Å². The Morgan fingerprint density at radius 3 is 1.17 bits per heavy atom. The van der Waals surface area contributed by atoms with E-state index in [4.69, 9.17) is 0 Å². The summed E-state index contributed by atoms with van der Waals surface area (Å²) in [6, 6.07) is 65.1. The highest BCUT2D eigenvalue weighted by atomic mass is 14.3. The minimum absolute atomic E-state index is 0.680. The largest absolute Gasteiger partial charge is 0.192 e. The molecule has 0 unspecified atom stereocenters. The molecule has 1 heteroatoms. The highest BCUT2D eigenvalue weighted by molar-refractivity contribution is 6.25. The number of hydrogen-bond donors (Lipinski definition) is 0. The van der Waals surface area contributed by atoms with Crippen molar-refractivity contribution >= 4 is 43.1 Å². The van der Waals surface area contributed by atoms with E-state index in [-0.39, 0.29) is 0 Å². The van der Waals surface area contributed by atoms with E-state index in [0.717, 1.165) is 21.9 Å². The molecule has 0 atom stereocenters. The molecule has 0 amide bonds. The zero-order valence-corrected chi connectivity index (χ0v) is 26.2. The lowest BCUT2D eigenvalue weighted by Crippen LogP contribution is -1.94. The van der Waals surface area contributed by atoms with Crippen LogP contribution in [0.1, 0.15) is 5.56 Å². The predicted molar refractivity (Wildman–Crippen MR) is 203 cm³/mol. The zero-order valence-electron chi connectivity index (χ0n) is 26.2. The molecule has 9 rings (SSSR count). The van der Waals surface area contributed by atoms with Crippen LogP contribution < -0.4 is 0 Å². The van der Waals surface area contributed by atoms with Gasteiger partial charge in [0.15, 0.2) is 0 Å². The van der Waals surface area contributed by atoms with Crippen molar-refractivity contribution in [3.05, 3.63) is 181 Å². The van der Waals surface area contributed by atoms with Crippen molar-refractivity contribution < 1.29 is 0 Å². The molecule has 0 saturated carbocycles.